The number of pyridine rings is 2. The van der Waals surface area contributed by atoms with Crippen LogP contribution in [0.4, 0.5) is 0 Å². The molecule has 8 nitrogen and oxygen atoms in total. The fourth-order valence-corrected chi connectivity index (χ4v) is 6.16. The van der Waals surface area contributed by atoms with Crippen molar-refractivity contribution in [2.45, 2.75) is 44.4 Å². The fourth-order valence-electron chi connectivity index (χ4n) is 6.16. The Balaban J connectivity index is 1.13. The summed E-state index contributed by atoms with van der Waals surface area (Å²) in [4.78, 5) is 30.6. The predicted octanol–water partition coefficient (Wildman–Crippen LogP) is 3.73. The number of hydrogen-bond acceptors (Lipinski definition) is 6. The molecule has 3 aromatic rings. The zero-order valence-electron chi connectivity index (χ0n) is 19.9. The average Bonchev–Trinajstić information content (AvgIpc) is 2.90. The monoisotopic (exact) mass is 488 g/mol. The van der Waals surface area contributed by atoms with Gasteiger partial charge in [0.1, 0.15) is 11.4 Å². The van der Waals surface area contributed by atoms with Gasteiger partial charge in [-0.05, 0) is 97.5 Å². The third-order valence-corrected chi connectivity index (χ3v) is 7.95. The molecule has 0 saturated heterocycles. The smallest absolute Gasteiger partial charge is 0.477 e. The molecule has 4 atom stereocenters. The lowest BCUT2D eigenvalue weighted by Gasteiger charge is -2.48. The molecule has 1 aromatic carbocycles. The van der Waals surface area contributed by atoms with Gasteiger partial charge in [0, 0.05) is 18.2 Å². The van der Waals surface area contributed by atoms with Crippen molar-refractivity contribution in [3.63, 3.8) is 0 Å². The van der Waals surface area contributed by atoms with Gasteiger partial charge < -0.3 is 19.9 Å². The summed E-state index contributed by atoms with van der Waals surface area (Å²) in [5.74, 6) is 0.149. The summed E-state index contributed by atoms with van der Waals surface area (Å²) in [5.41, 5.74) is 2.24. The molecule has 0 radical (unpaired) electrons. The summed E-state index contributed by atoms with van der Waals surface area (Å²) >= 11 is 0. The Morgan fingerprint density at radius 2 is 1.75 bits per heavy atom. The van der Waals surface area contributed by atoms with E-state index in [1.54, 1.807) is 36.5 Å². The Kier molecular flexibility index (Phi) is 7.02. The van der Waals surface area contributed by atoms with Crippen molar-refractivity contribution < 1.29 is 29.5 Å². The molecule has 3 N–H and O–H groups in total. The minimum absolute atomic E-state index is 0.0367. The number of carboxylic acids is 2. The maximum Gasteiger partial charge on any atom is 0.491 e. The average molecular weight is 488 g/mol. The van der Waals surface area contributed by atoms with Crippen LogP contribution in [0.5, 0.6) is 0 Å². The molecular formula is C27H29BN2O6. The molecule has 6 rings (SSSR count). The molecular weight excluding hydrogens is 459 g/mol. The minimum Gasteiger partial charge on any atom is -0.477 e. The molecule has 3 aliphatic rings. The molecule has 2 bridgehead atoms. The number of benzene rings is 1. The van der Waals surface area contributed by atoms with Crippen LogP contribution in [-0.2, 0) is 4.65 Å². The summed E-state index contributed by atoms with van der Waals surface area (Å²) < 4.78 is 5.70. The van der Waals surface area contributed by atoms with Crippen LogP contribution in [0.1, 0.15) is 71.0 Å². The molecule has 4 unspecified atom stereocenters. The van der Waals surface area contributed by atoms with Crippen molar-refractivity contribution in [2.75, 3.05) is 6.61 Å². The van der Waals surface area contributed by atoms with Crippen LogP contribution in [-0.4, -0.2) is 50.9 Å². The zero-order chi connectivity index (χ0) is 25.2. The van der Waals surface area contributed by atoms with Crippen LogP contribution in [0.25, 0.3) is 10.9 Å². The van der Waals surface area contributed by atoms with Crippen LogP contribution in [0.3, 0.4) is 0 Å². The Morgan fingerprint density at radius 3 is 2.50 bits per heavy atom. The first-order valence-electron chi connectivity index (χ1n) is 12.5. The fraction of sp³-hybridized carbons (Fsp3) is 0.407. The quantitative estimate of drug-likeness (QED) is 0.307. The van der Waals surface area contributed by atoms with Crippen molar-refractivity contribution in [1.82, 2.24) is 9.97 Å². The van der Waals surface area contributed by atoms with E-state index in [0.717, 1.165) is 36.6 Å². The van der Waals surface area contributed by atoms with Gasteiger partial charge in [-0.15, -0.1) is 0 Å². The lowest BCUT2D eigenvalue weighted by atomic mass is 9.57. The topological polar surface area (TPSA) is 130 Å². The molecule has 2 aromatic heterocycles. The van der Waals surface area contributed by atoms with E-state index in [2.05, 4.69) is 9.97 Å². The third kappa shape index (κ3) is 5.13. The second-order valence-electron chi connectivity index (χ2n) is 10.0. The molecule has 36 heavy (non-hydrogen) atoms. The predicted molar refractivity (Wildman–Crippen MR) is 134 cm³/mol. The number of nitrogens with zero attached hydrogens (tertiary/aromatic N) is 2. The zero-order valence-corrected chi connectivity index (χ0v) is 19.9. The lowest BCUT2D eigenvalue weighted by Crippen LogP contribution is -2.37. The Morgan fingerprint density at radius 1 is 0.972 bits per heavy atom. The summed E-state index contributed by atoms with van der Waals surface area (Å²) in [6.07, 6.45) is 8.13. The van der Waals surface area contributed by atoms with Gasteiger partial charge in [-0.1, -0.05) is 18.2 Å². The van der Waals surface area contributed by atoms with Crippen LogP contribution < -0.4 is 5.46 Å². The van der Waals surface area contributed by atoms with Crippen LogP contribution in [0, 0.1) is 17.8 Å². The molecule has 0 amide bonds. The number of carboxylic acid groups (broad SMARTS) is 2. The lowest BCUT2D eigenvalue weighted by molar-refractivity contribution is 0.0654. The van der Waals surface area contributed by atoms with Crippen molar-refractivity contribution in [3.8, 4) is 0 Å². The first kappa shape index (κ1) is 24.4. The first-order valence-corrected chi connectivity index (χ1v) is 12.5. The third-order valence-electron chi connectivity index (χ3n) is 7.95. The summed E-state index contributed by atoms with van der Waals surface area (Å²) in [6.45, 7) is 0.436. The highest BCUT2D eigenvalue weighted by molar-refractivity contribution is 6.60. The number of rotatable bonds is 9. The van der Waals surface area contributed by atoms with Gasteiger partial charge in [0.2, 0.25) is 0 Å². The number of aromatic nitrogens is 2. The molecule has 3 aliphatic carbocycles. The highest BCUT2D eigenvalue weighted by Gasteiger charge is 2.41. The number of hydrogen-bond donors (Lipinski definition) is 3. The second-order valence-corrected chi connectivity index (χ2v) is 10.0. The van der Waals surface area contributed by atoms with E-state index < -0.39 is 19.1 Å². The summed E-state index contributed by atoms with van der Waals surface area (Å²) in [6, 6.07) is 12.1. The number of aromatic carboxylic acids is 2. The highest BCUT2D eigenvalue weighted by Crippen LogP contribution is 2.53. The molecule has 2 heterocycles. The van der Waals surface area contributed by atoms with Crippen LogP contribution >= 0.6 is 0 Å². The van der Waals surface area contributed by atoms with Gasteiger partial charge in [-0.25, -0.2) is 19.6 Å². The largest absolute Gasteiger partial charge is 0.491 e. The van der Waals surface area contributed by atoms with Gasteiger partial charge in [0.05, 0.1) is 5.52 Å². The number of carbonyl (C=O) groups is 2. The molecule has 9 heteroatoms. The summed E-state index contributed by atoms with van der Waals surface area (Å²) in [5, 5.41) is 29.7. The van der Waals surface area contributed by atoms with Gasteiger partial charge in [-0.3, -0.25) is 0 Å². The highest BCUT2D eigenvalue weighted by atomic mass is 16.5. The molecule has 3 saturated carbocycles. The standard InChI is InChI=1S/C27H29BN2O6/c31-26(32)23-8-6-16-5-7-21(15-24(16)30-23)28(35)36-11-1-2-17-12-19-4-3-18(17)13-22(19)20-9-10-29-25(14-20)27(33)34/h5-10,14-15,17-19,22,35H,1-4,11-13H2,(H,31,32)(H,33,34). The maximum absolute atomic E-state index is 11.3. The second kappa shape index (κ2) is 10.4. The Bertz CT molecular complexity index is 1280. The molecule has 0 spiro atoms. The Hall–Kier alpha value is -3.30. The molecule has 3 fully saturated rings. The van der Waals surface area contributed by atoms with E-state index in [-0.39, 0.29) is 11.4 Å². The van der Waals surface area contributed by atoms with E-state index in [0.29, 0.717) is 41.3 Å². The van der Waals surface area contributed by atoms with E-state index in [1.807, 2.05) is 6.07 Å². The van der Waals surface area contributed by atoms with E-state index >= 15 is 0 Å². The van der Waals surface area contributed by atoms with E-state index in [4.69, 9.17) is 9.76 Å². The van der Waals surface area contributed by atoms with Gasteiger partial charge in [-0.2, -0.15) is 0 Å². The van der Waals surface area contributed by atoms with Crippen molar-refractivity contribution in [1.29, 1.82) is 0 Å². The van der Waals surface area contributed by atoms with Crippen molar-refractivity contribution >= 4 is 35.4 Å². The van der Waals surface area contributed by atoms with Gasteiger partial charge >= 0.3 is 19.1 Å². The first-order chi connectivity index (χ1) is 17.4. The van der Waals surface area contributed by atoms with Gasteiger partial charge in [0.25, 0.3) is 0 Å². The van der Waals surface area contributed by atoms with Gasteiger partial charge in [0.15, 0.2) is 0 Å². The minimum atomic E-state index is -1.09. The SMILES string of the molecule is O=C(O)c1cc(C2CC3CCC2CC3CCCOB(O)c2ccc3ccc(C(=O)O)nc3c2)ccn1. The van der Waals surface area contributed by atoms with E-state index in [9.17, 15) is 19.7 Å². The maximum atomic E-state index is 11.3. The number of fused-ring (bicyclic) bond motifs is 4. The van der Waals surface area contributed by atoms with Crippen LogP contribution in [0.15, 0.2) is 48.7 Å². The van der Waals surface area contributed by atoms with Crippen LogP contribution in [0.2, 0.25) is 0 Å². The normalized spacial score (nSPS) is 23.0. The molecule has 0 aliphatic heterocycles. The Labute approximate surface area is 209 Å². The summed E-state index contributed by atoms with van der Waals surface area (Å²) in [7, 11) is -1.09. The molecule has 186 valence electrons. The van der Waals surface area contributed by atoms with Crippen molar-refractivity contribution in [3.05, 3.63) is 65.6 Å². The van der Waals surface area contributed by atoms with Crippen molar-refractivity contribution in [2.24, 2.45) is 17.8 Å². The van der Waals surface area contributed by atoms with E-state index in [1.165, 1.54) is 18.9 Å².